The maximum absolute atomic E-state index is 12.5. The molecule has 28 heavy (non-hydrogen) atoms. The van der Waals surface area contributed by atoms with Crippen molar-refractivity contribution in [2.75, 3.05) is 34.4 Å². The maximum Gasteiger partial charge on any atom is 0.272 e. The quantitative estimate of drug-likeness (QED) is 0.558. The van der Waals surface area contributed by atoms with Crippen LogP contribution in [0, 0.1) is 0 Å². The number of aromatic nitrogens is 2. The van der Waals surface area contributed by atoms with Gasteiger partial charge in [0.15, 0.2) is 11.5 Å². The number of nitrogens with zero attached hydrogens (tertiary/aromatic N) is 3. The summed E-state index contributed by atoms with van der Waals surface area (Å²) in [5.41, 5.74) is 1.83. The number of rotatable bonds is 7. The van der Waals surface area contributed by atoms with Gasteiger partial charge in [-0.1, -0.05) is 18.2 Å². The standard InChI is InChI=1S/C21H22BrN3O3/c1-24(2)13-14-28-20-15(7-6-8-17(20)27-3)10-11-16-19(22)21(26)25-12-5-4-9-18(25)23-16/h4-12H,13-14H2,1-3H3. The molecule has 0 fully saturated rings. The second kappa shape index (κ2) is 9.03. The van der Waals surface area contributed by atoms with Crippen LogP contribution in [-0.4, -0.2) is 48.6 Å². The number of benzene rings is 1. The zero-order valence-electron chi connectivity index (χ0n) is 16.1. The zero-order valence-corrected chi connectivity index (χ0v) is 17.6. The number of methoxy groups -OCH3 is 1. The molecule has 2 heterocycles. The molecule has 0 aliphatic heterocycles. The van der Waals surface area contributed by atoms with Gasteiger partial charge in [-0.05, 0) is 60.4 Å². The Kier molecular flexibility index (Phi) is 6.49. The van der Waals surface area contributed by atoms with Crippen molar-refractivity contribution in [2.45, 2.75) is 0 Å². The van der Waals surface area contributed by atoms with Crippen LogP contribution < -0.4 is 15.0 Å². The van der Waals surface area contributed by atoms with E-state index in [1.54, 1.807) is 31.5 Å². The summed E-state index contributed by atoms with van der Waals surface area (Å²) in [6.45, 7) is 1.32. The molecule has 1 aromatic carbocycles. The third-order valence-electron chi connectivity index (χ3n) is 4.14. The molecule has 0 aliphatic carbocycles. The largest absolute Gasteiger partial charge is 0.493 e. The van der Waals surface area contributed by atoms with Gasteiger partial charge in [-0.15, -0.1) is 0 Å². The number of halogens is 1. The first-order valence-electron chi connectivity index (χ1n) is 8.80. The maximum atomic E-state index is 12.5. The predicted octanol–water partition coefficient (Wildman–Crippen LogP) is 3.58. The lowest BCUT2D eigenvalue weighted by atomic mass is 10.1. The molecule has 0 spiro atoms. The average molecular weight is 444 g/mol. The van der Waals surface area contributed by atoms with Gasteiger partial charge >= 0.3 is 0 Å². The summed E-state index contributed by atoms with van der Waals surface area (Å²) >= 11 is 3.37. The third-order valence-corrected chi connectivity index (χ3v) is 4.89. The number of hydrogen-bond donors (Lipinski definition) is 0. The topological polar surface area (TPSA) is 56.1 Å². The highest BCUT2D eigenvalue weighted by Gasteiger charge is 2.11. The fraction of sp³-hybridized carbons (Fsp3) is 0.238. The molecule has 6 nitrogen and oxygen atoms in total. The van der Waals surface area contributed by atoms with Crippen LogP contribution in [0.3, 0.4) is 0 Å². The molecule has 0 N–H and O–H groups in total. The molecule has 3 aromatic rings. The number of ether oxygens (including phenoxy) is 2. The lowest BCUT2D eigenvalue weighted by Gasteiger charge is -2.15. The predicted molar refractivity (Wildman–Crippen MR) is 115 cm³/mol. The number of pyridine rings is 1. The Morgan fingerprint density at radius 1 is 1.18 bits per heavy atom. The molecule has 0 amide bonds. The van der Waals surface area contributed by atoms with E-state index in [1.165, 1.54) is 4.40 Å². The molecular formula is C21H22BrN3O3. The van der Waals surface area contributed by atoms with Gasteiger partial charge in [0.05, 0.1) is 12.8 Å². The van der Waals surface area contributed by atoms with Crippen LogP contribution in [0.5, 0.6) is 11.5 Å². The van der Waals surface area contributed by atoms with Crippen LogP contribution >= 0.6 is 15.9 Å². The SMILES string of the molecule is COc1cccc(C=Cc2nc3ccccn3c(=O)c2Br)c1OCCN(C)C. The molecular weight excluding hydrogens is 422 g/mol. The first kappa shape index (κ1) is 20.1. The molecule has 0 saturated carbocycles. The highest BCUT2D eigenvalue weighted by Crippen LogP contribution is 2.32. The fourth-order valence-corrected chi connectivity index (χ4v) is 3.09. The van der Waals surface area contributed by atoms with E-state index in [0.717, 1.165) is 12.1 Å². The summed E-state index contributed by atoms with van der Waals surface area (Å²) in [5, 5.41) is 0. The van der Waals surface area contributed by atoms with E-state index in [-0.39, 0.29) is 5.56 Å². The normalized spacial score (nSPS) is 11.5. The summed E-state index contributed by atoms with van der Waals surface area (Å²) in [5.74, 6) is 1.32. The highest BCUT2D eigenvalue weighted by atomic mass is 79.9. The minimum absolute atomic E-state index is 0.154. The number of hydrogen-bond acceptors (Lipinski definition) is 5. The van der Waals surface area contributed by atoms with E-state index in [9.17, 15) is 4.79 Å². The third kappa shape index (κ3) is 4.43. The van der Waals surface area contributed by atoms with Gasteiger partial charge in [-0.25, -0.2) is 4.98 Å². The number of likely N-dealkylation sites (N-methyl/N-ethyl adjacent to an activating group) is 1. The summed E-state index contributed by atoms with van der Waals surface area (Å²) < 4.78 is 13.3. The van der Waals surface area contributed by atoms with E-state index >= 15 is 0 Å². The van der Waals surface area contributed by atoms with Gasteiger partial charge in [-0.2, -0.15) is 0 Å². The Hall–Kier alpha value is -2.64. The van der Waals surface area contributed by atoms with Gasteiger partial charge in [0, 0.05) is 18.3 Å². The molecule has 0 aliphatic rings. The Labute approximate surface area is 172 Å². The molecule has 3 rings (SSSR count). The van der Waals surface area contributed by atoms with Gasteiger partial charge < -0.3 is 14.4 Å². The van der Waals surface area contributed by atoms with Gasteiger partial charge in [0.1, 0.15) is 16.7 Å². The van der Waals surface area contributed by atoms with Crippen LogP contribution in [0.1, 0.15) is 11.3 Å². The van der Waals surface area contributed by atoms with E-state index in [4.69, 9.17) is 9.47 Å². The summed E-state index contributed by atoms with van der Waals surface area (Å²) in [6, 6.07) is 11.1. The first-order valence-corrected chi connectivity index (χ1v) is 9.60. The van der Waals surface area contributed by atoms with Crippen molar-refractivity contribution in [3.8, 4) is 11.5 Å². The second-order valence-corrected chi connectivity index (χ2v) is 7.20. The van der Waals surface area contributed by atoms with Crippen LogP contribution in [-0.2, 0) is 0 Å². The van der Waals surface area contributed by atoms with Crippen LogP contribution in [0.15, 0.2) is 51.9 Å². The number of para-hydroxylation sites is 1. The Morgan fingerprint density at radius 3 is 2.75 bits per heavy atom. The van der Waals surface area contributed by atoms with Crippen LogP contribution in [0.4, 0.5) is 0 Å². The average Bonchev–Trinajstić information content (AvgIpc) is 2.70. The van der Waals surface area contributed by atoms with Crippen LogP contribution in [0.25, 0.3) is 17.8 Å². The van der Waals surface area contributed by atoms with Crippen molar-refractivity contribution >= 4 is 33.7 Å². The molecule has 2 aromatic heterocycles. The lowest BCUT2D eigenvalue weighted by Crippen LogP contribution is -2.19. The zero-order chi connectivity index (χ0) is 20.1. The molecule has 146 valence electrons. The van der Waals surface area contributed by atoms with E-state index in [0.29, 0.717) is 33.9 Å². The summed E-state index contributed by atoms with van der Waals surface area (Å²) in [7, 11) is 5.60. The van der Waals surface area contributed by atoms with Gasteiger partial charge in [0.25, 0.3) is 5.56 Å². The van der Waals surface area contributed by atoms with Crippen molar-refractivity contribution in [1.82, 2.24) is 14.3 Å². The van der Waals surface area contributed by atoms with Gasteiger partial charge in [0.2, 0.25) is 0 Å². The monoisotopic (exact) mass is 443 g/mol. The van der Waals surface area contributed by atoms with E-state index in [2.05, 4.69) is 25.8 Å². The summed E-state index contributed by atoms with van der Waals surface area (Å²) in [6.07, 6.45) is 5.37. The van der Waals surface area contributed by atoms with Crippen molar-refractivity contribution in [2.24, 2.45) is 0 Å². The Balaban J connectivity index is 1.97. The smallest absolute Gasteiger partial charge is 0.272 e. The van der Waals surface area contributed by atoms with E-state index in [1.807, 2.05) is 44.4 Å². The molecule has 0 saturated heterocycles. The number of fused-ring (bicyclic) bond motifs is 1. The van der Waals surface area contributed by atoms with E-state index < -0.39 is 0 Å². The molecule has 7 heteroatoms. The van der Waals surface area contributed by atoms with Gasteiger partial charge in [-0.3, -0.25) is 9.20 Å². The van der Waals surface area contributed by atoms with Crippen molar-refractivity contribution < 1.29 is 9.47 Å². The first-order chi connectivity index (χ1) is 13.5. The minimum Gasteiger partial charge on any atom is -0.493 e. The molecule has 0 bridgehead atoms. The molecule has 0 atom stereocenters. The van der Waals surface area contributed by atoms with Crippen LogP contribution in [0.2, 0.25) is 0 Å². The Bertz CT molecular complexity index is 1060. The second-order valence-electron chi connectivity index (χ2n) is 6.41. The fourth-order valence-electron chi connectivity index (χ4n) is 2.67. The van der Waals surface area contributed by atoms with Crippen molar-refractivity contribution in [3.63, 3.8) is 0 Å². The minimum atomic E-state index is -0.154. The Morgan fingerprint density at radius 2 is 2.00 bits per heavy atom. The highest BCUT2D eigenvalue weighted by molar-refractivity contribution is 9.10. The lowest BCUT2D eigenvalue weighted by molar-refractivity contribution is 0.250. The van der Waals surface area contributed by atoms with Crippen molar-refractivity contribution in [3.05, 3.63) is 68.7 Å². The summed E-state index contributed by atoms with van der Waals surface area (Å²) in [4.78, 5) is 19.1. The van der Waals surface area contributed by atoms with Crippen molar-refractivity contribution in [1.29, 1.82) is 0 Å². The molecule has 0 unspecified atom stereocenters. The molecule has 0 radical (unpaired) electrons.